The molecule has 3 heteroatoms. The molecule has 78 valence electrons. The second-order valence-corrected chi connectivity index (χ2v) is 3.62. The van der Waals surface area contributed by atoms with Crippen molar-refractivity contribution in [1.29, 1.82) is 0 Å². The van der Waals surface area contributed by atoms with Crippen LogP contribution < -0.4 is 0 Å². The predicted octanol–water partition coefficient (Wildman–Crippen LogP) is 2.75. The van der Waals surface area contributed by atoms with E-state index in [-0.39, 0.29) is 0 Å². The van der Waals surface area contributed by atoms with E-state index < -0.39 is 11.9 Å². The molecule has 2 rings (SSSR count). The minimum absolute atomic E-state index is 0.405. The Morgan fingerprint density at radius 1 is 1.47 bits per heavy atom. The summed E-state index contributed by atoms with van der Waals surface area (Å²) in [4.78, 5) is 14.1. The van der Waals surface area contributed by atoms with Crippen LogP contribution in [0.25, 0.3) is 10.9 Å². The zero-order valence-corrected chi connectivity index (χ0v) is 8.53. The number of H-pyrrole nitrogens is 1. The summed E-state index contributed by atoms with van der Waals surface area (Å²) >= 11 is 0. The molecule has 1 aromatic heterocycles. The first kappa shape index (κ1) is 9.77. The number of fused-ring (bicyclic) bond motifs is 1. The molecule has 0 bridgehead atoms. The van der Waals surface area contributed by atoms with Crippen LogP contribution in [0.3, 0.4) is 0 Å². The Morgan fingerprint density at radius 3 is 2.93 bits per heavy atom. The second-order valence-electron chi connectivity index (χ2n) is 3.62. The summed E-state index contributed by atoms with van der Waals surface area (Å²) in [6.45, 7) is 1.89. The van der Waals surface area contributed by atoms with Gasteiger partial charge in [0.25, 0.3) is 0 Å². The number of nitrogens with one attached hydrogen (secondary N) is 1. The van der Waals surface area contributed by atoms with Crippen molar-refractivity contribution in [3.63, 3.8) is 0 Å². The number of aromatic amines is 1. The summed E-state index contributed by atoms with van der Waals surface area (Å²) in [5.74, 6) is -1.17. The topological polar surface area (TPSA) is 53.1 Å². The van der Waals surface area contributed by atoms with Gasteiger partial charge >= 0.3 is 5.97 Å². The first-order valence-electron chi connectivity index (χ1n) is 5.02. The zero-order valence-electron chi connectivity index (χ0n) is 8.53. The van der Waals surface area contributed by atoms with Crippen LogP contribution in [0.2, 0.25) is 0 Å². The van der Waals surface area contributed by atoms with Gasteiger partial charge in [-0.2, -0.15) is 0 Å². The Kier molecular flexibility index (Phi) is 2.46. The Hall–Kier alpha value is -1.77. The number of hydrogen-bond donors (Lipinski definition) is 2. The molecule has 0 saturated carbocycles. The summed E-state index contributed by atoms with van der Waals surface area (Å²) in [5.41, 5.74) is 1.85. The third kappa shape index (κ3) is 1.73. The lowest BCUT2D eigenvalue weighted by molar-refractivity contribution is -0.138. The molecule has 0 fully saturated rings. The fourth-order valence-corrected chi connectivity index (χ4v) is 1.84. The third-order valence-corrected chi connectivity index (χ3v) is 2.69. The van der Waals surface area contributed by atoms with E-state index in [0.29, 0.717) is 6.42 Å². The Labute approximate surface area is 87.7 Å². The average Bonchev–Trinajstić information content (AvgIpc) is 2.65. The van der Waals surface area contributed by atoms with Crippen molar-refractivity contribution in [2.24, 2.45) is 0 Å². The predicted molar refractivity (Wildman–Crippen MR) is 59.0 cm³/mol. The fourth-order valence-electron chi connectivity index (χ4n) is 1.84. The molecule has 0 radical (unpaired) electrons. The van der Waals surface area contributed by atoms with Crippen LogP contribution in [0.15, 0.2) is 30.5 Å². The molecule has 1 unspecified atom stereocenters. The monoisotopic (exact) mass is 203 g/mol. The van der Waals surface area contributed by atoms with E-state index in [2.05, 4.69) is 4.98 Å². The molecule has 0 saturated heterocycles. The van der Waals surface area contributed by atoms with Crippen LogP contribution in [0.5, 0.6) is 0 Å². The second kappa shape index (κ2) is 3.77. The largest absolute Gasteiger partial charge is 0.481 e. The highest BCUT2D eigenvalue weighted by Crippen LogP contribution is 2.23. The van der Waals surface area contributed by atoms with Crippen LogP contribution in [0, 0.1) is 0 Å². The molecule has 0 aliphatic heterocycles. The van der Waals surface area contributed by atoms with Crippen molar-refractivity contribution in [2.45, 2.75) is 19.3 Å². The molecule has 2 N–H and O–H groups in total. The van der Waals surface area contributed by atoms with Crippen LogP contribution in [0.4, 0.5) is 0 Å². The van der Waals surface area contributed by atoms with Gasteiger partial charge in [0.1, 0.15) is 0 Å². The molecule has 1 aromatic carbocycles. The van der Waals surface area contributed by atoms with E-state index in [1.807, 2.05) is 37.4 Å². The van der Waals surface area contributed by atoms with Crippen LogP contribution >= 0.6 is 0 Å². The summed E-state index contributed by atoms with van der Waals surface area (Å²) in [7, 11) is 0. The molecule has 0 amide bonds. The Morgan fingerprint density at radius 2 is 2.27 bits per heavy atom. The van der Waals surface area contributed by atoms with Crippen LogP contribution in [-0.2, 0) is 4.79 Å². The van der Waals surface area contributed by atoms with Gasteiger partial charge < -0.3 is 10.1 Å². The van der Waals surface area contributed by atoms with Gasteiger partial charge in [0.05, 0.1) is 5.92 Å². The summed E-state index contributed by atoms with van der Waals surface area (Å²) in [6, 6.07) is 7.73. The number of aliphatic carboxylic acids is 1. The normalized spacial score (nSPS) is 12.9. The van der Waals surface area contributed by atoms with Crippen LogP contribution in [0.1, 0.15) is 24.8 Å². The summed E-state index contributed by atoms with van der Waals surface area (Å²) in [5, 5.41) is 10.1. The van der Waals surface area contributed by atoms with Gasteiger partial charge in [0.15, 0.2) is 0 Å². The van der Waals surface area contributed by atoms with Crippen molar-refractivity contribution in [3.8, 4) is 0 Å². The van der Waals surface area contributed by atoms with E-state index >= 15 is 0 Å². The highest BCUT2D eigenvalue weighted by Gasteiger charge is 2.17. The lowest BCUT2D eigenvalue weighted by atomic mass is 9.96. The lowest BCUT2D eigenvalue weighted by Crippen LogP contribution is -2.10. The standard InChI is InChI=1S/C12H13NO2/c1-2-10(12(14)15)9-4-3-8-5-6-13-11(8)7-9/h3-7,10,13H,2H2,1H3,(H,14,15). The Bertz CT molecular complexity index is 487. The number of carboxylic acid groups (broad SMARTS) is 1. The Balaban J connectivity index is 2.46. The maximum atomic E-state index is 11.0. The molecule has 0 spiro atoms. The number of benzene rings is 1. The minimum Gasteiger partial charge on any atom is -0.481 e. The van der Waals surface area contributed by atoms with Gasteiger partial charge in [0, 0.05) is 11.7 Å². The molecule has 0 aliphatic rings. The third-order valence-electron chi connectivity index (χ3n) is 2.69. The molecular formula is C12H13NO2. The number of rotatable bonds is 3. The maximum Gasteiger partial charge on any atom is 0.310 e. The number of hydrogen-bond acceptors (Lipinski definition) is 1. The van der Waals surface area contributed by atoms with E-state index in [1.54, 1.807) is 0 Å². The van der Waals surface area contributed by atoms with Gasteiger partial charge in [-0.1, -0.05) is 19.1 Å². The highest BCUT2D eigenvalue weighted by molar-refractivity contribution is 5.83. The van der Waals surface area contributed by atoms with Crippen molar-refractivity contribution < 1.29 is 9.90 Å². The summed E-state index contributed by atoms with van der Waals surface area (Å²) in [6.07, 6.45) is 2.47. The number of carbonyl (C=O) groups is 1. The lowest BCUT2D eigenvalue weighted by Gasteiger charge is -2.09. The van der Waals surface area contributed by atoms with E-state index in [4.69, 9.17) is 5.11 Å². The van der Waals surface area contributed by atoms with Crippen molar-refractivity contribution in [1.82, 2.24) is 4.98 Å². The quantitative estimate of drug-likeness (QED) is 0.805. The van der Waals surface area contributed by atoms with Gasteiger partial charge in [-0.25, -0.2) is 0 Å². The minimum atomic E-state index is -0.761. The van der Waals surface area contributed by atoms with Crippen molar-refractivity contribution in [2.75, 3.05) is 0 Å². The fraction of sp³-hybridized carbons (Fsp3) is 0.250. The average molecular weight is 203 g/mol. The van der Waals surface area contributed by atoms with E-state index in [1.165, 1.54) is 0 Å². The summed E-state index contributed by atoms with van der Waals surface area (Å²) < 4.78 is 0. The first-order chi connectivity index (χ1) is 7.22. The van der Waals surface area contributed by atoms with E-state index in [0.717, 1.165) is 16.5 Å². The first-order valence-corrected chi connectivity index (χ1v) is 5.02. The SMILES string of the molecule is CCC(C(=O)O)c1ccc2cc[nH]c2c1. The van der Waals surface area contributed by atoms with Gasteiger partial charge in [-0.3, -0.25) is 4.79 Å². The maximum absolute atomic E-state index is 11.0. The van der Waals surface area contributed by atoms with E-state index in [9.17, 15) is 4.79 Å². The van der Waals surface area contributed by atoms with Gasteiger partial charge in [-0.15, -0.1) is 0 Å². The molecule has 3 nitrogen and oxygen atoms in total. The zero-order chi connectivity index (χ0) is 10.8. The molecule has 1 atom stereocenters. The van der Waals surface area contributed by atoms with Gasteiger partial charge in [0.2, 0.25) is 0 Å². The molecule has 15 heavy (non-hydrogen) atoms. The van der Waals surface area contributed by atoms with Crippen molar-refractivity contribution >= 4 is 16.9 Å². The number of carboxylic acids is 1. The molecule has 2 aromatic rings. The highest BCUT2D eigenvalue weighted by atomic mass is 16.4. The smallest absolute Gasteiger partial charge is 0.310 e. The number of aromatic nitrogens is 1. The van der Waals surface area contributed by atoms with Crippen LogP contribution in [-0.4, -0.2) is 16.1 Å². The van der Waals surface area contributed by atoms with Gasteiger partial charge in [-0.05, 0) is 29.5 Å². The molecular weight excluding hydrogens is 190 g/mol. The molecule has 1 heterocycles. The molecule has 0 aliphatic carbocycles. The van der Waals surface area contributed by atoms with Crippen molar-refractivity contribution in [3.05, 3.63) is 36.0 Å².